The van der Waals surface area contributed by atoms with Gasteiger partial charge in [-0.25, -0.2) is 4.98 Å². The van der Waals surface area contributed by atoms with Crippen molar-refractivity contribution in [2.45, 2.75) is 18.6 Å². The molecule has 0 bridgehead atoms. The molecule has 1 fully saturated rings. The van der Waals surface area contributed by atoms with E-state index in [1.807, 2.05) is 43.4 Å². The number of nitrogens with zero attached hydrogens (tertiary/aromatic N) is 3. The highest BCUT2D eigenvalue weighted by molar-refractivity contribution is 5.46. The minimum absolute atomic E-state index is 0.247. The summed E-state index contributed by atoms with van der Waals surface area (Å²) < 4.78 is 5.66. The van der Waals surface area contributed by atoms with Crippen molar-refractivity contribution in [2.75, 3.05) is 37.9 Å². The van der Waals surface area contributed by atoms with Gasteiger partial charge in [0.15, 0.2) is 0 Å². The molecule has 0 spiro atoms. The summed E-state index contributed by atoms with van der Waals surface area (Å²) in [6, 6.07) is 12.5. The lowest BCUT2D eigenvalue weighted by Crippen LogP contribution is -2.30. The van der Waals surface area contributed by atoms with E-state index in [4.69, 9.17) is 10.5 Å². The second-order valence-corrected chi connectivity index (χ2v) is 5.76. The maximum atomic E-state index is 5.94. The topological polar surface area (TPSA) is 76.3 Å². The molecule has 2 aromatic rings. The average Bonchev–Trinajstić information content (AvgIpc) is 3.05. The van der Waals surface area contributed by atoms with Crippen LogP contribution in [0.1, 0.15) is 23.8 Å². The van der Waals surface area contributed by atoms with Crippen LogP contribution in [0.3, 0.4) is 0 Å². The predicted molar refractivity (Wildman–Crippen MR) is 91.4 cm³/mol. The van der Waals surface area contributed by atoms with Crippen molar-refractivity contribution in [2.24, 2.45) is 0 Å². The van der Waals surface area contributed by atoms with Crippen LogP contribution < -0.4 is 16.0 Å². The Kier molecular flexibility index (Phi) is 4.73. The highest BCUT2D eigenvalue weighted by Gasteiger charge is 2.24. The summed E-state index contributed by atoms with van der Waals surface area (Å²) in [5.41, 5.74) is 7.78. The van der Waals surface area contributed by atoms with Crippen LogP contribution in [0.5, 0.6) is 0 Å². The number of aromatic nitrogens is 2. The number of nitrogen functional groups attached to an aromatic ring is 1. The Morgan fingerprint density at radius 2 is 2.09 bits per heavy atom. The molecule has 2 atom stereocenters. The van der Waals surface area contributed by atoms with Crippen molar-refractivity contribution < 1.29 is 4.74 Å². The summed E-state index contributed by atoms with van der Waals surface area (Å²) in [4.78, 5) is 11.0. The van der Waals surface area contributed by atoms with E-state index in [1.54, 1.807) is 7.11 Å². The van der Waals surface area contributed by atoms with Gasteiger partial charge in [-0.15, -0.1) is 0 Å². The van der Waals surface area contributed by atoms with E-state index in [-0.39, 0.29) is 12.1 Å². The Labute approximate surface area is 136 Å². The van der Waals surface area contributed by atoms with E-state index >= 15 is 0 Å². The Morgan fingerprint density at radius 1 is 1.30 bits per heavy atom. The summed E-state index contributed by atoms with van der Waals surface area (Å²) in [7, 11) is 3.67. The molecule has 122 valence electrons. The normalized spacial score (nSPS) is 19.0. The van der Waals surface area contributed by atoms with Crippen LogP contribution in [0.25, 0.3) is 0 Å². The molecule has 1 aromatic carbocycles. The summed E-state index contributed by atoms with van der Waals surface area (Å²) in [6.45, 7) is 1.89. The molecule has 1 aliphatic rings. The van der Waals surface area contributed by atoms with Crippen molar-refractivity contribution in [1.29, 1.82) is 0 Å². The largest absolute Gasteiger partial charge is 0.370 e. The van der Waals surface area contributed by atoms with Gasteiger partial charge in [0, 0.05) is 32.3 Å². The Balaban J connectivity index is 1.91. The number of ether oxygens (including phenoxy) is 1. The molecule has 0 radical (unpaired) electrons. The van der Waals surface area contributed by atoms with Crippen molar-refractivity contribution in [3.05, 3.63) is 47.7 Å². The number of anilines is 2. The molecular weight excluding hydrogens is 290 g/mol. The molecule has 2 heterocycles. The van der Waals surface area contributed by atoms with Gasteiger partial charge in [0.2, 0.25) is 5.95 Å². The molecule has 0 unspecified atom stereocenters. The fraction of sp³-hybridized carbons (Fsp3) is 0.412. The molecule has 0 amide bonds. The molecule has 6 heteroatoms. The van der Waals surface area contributed by atoms with E-state index in [9.17, 15) is 0 Å². The third kappa shape index (κ3) is 3.43. The quantitative estimate of drug-likeness (QED) is 0.873. The first-order chi connectivity index (χ1) is 11.2. The van der Waals surface area contributed by atoms with Gasteiger partial charge in [-0.1, -0.05) is 30.3 Å². The third-order valence-electron chi connectivity index (χ3n) is 4.28. The van der Waals surface area contributed by atoms with Crippen molar-refractivity contribution in [3.8, 4) is 0 Å². The van der Waals surface area contributed by atoms with Crippen LogP contribution in [0.4, 0.5) is 11.8 Å². The molecule has 6 nitrogen and oxygen atoms in total. The second kappa shape index (κ2) is 6.93. The number of nitrogens with one attached hydrogen (secondary N) is 1. The van der Waals surface area contributed by atoms with Gasteiger partial charge in [-0.3, -0.25) is 0 Å². The van der Waals surface area contributed by atoms with E-state index in [1.165, 1.54) is 0 Å². The van der Waals surface area contributed by atoms with Crippen LogP contribution in [-0.2, 0) is 4.74 Å². The van der Waals surface area contributed by atoms with Crippen LogP contribution in [0.2, 0.25) is 0 Å². The highest BCUT2D eigenvalue weighted by atomic mass is 16.5. The lowest BCUT2D eigenvalue weighted by Gasteiger charge is -2.21. The molecule has 1 saturated heterocycles. The first-order valence-corrected chi connectivity index (χ1v) is 7.85. The first-order valence-electron chi connectivity index (χ1n) is 7.85. The van der Waals surface area contributed by atoms with Crippen molar-refractivity contribution >= 4 is 11.8 Å². The summed E-state index contributed by atoms with van der Waals surface area (Å²) in [5, 5.41) is 3.31. The Morgan fingerprint density at radius 3 is 2.74 bits per heavy atom. The molecule has 0 aliphatic carbocycles. The van der Waals surface area contributed by atoms with E-state index in [0.29, 0.717) is 6.04 Å². The maximum absolute atomic E-state index is 5.94. The summed E-state index contributed by atoms with van der Waals surface area (Å²) in [5.74, 6) is 1.15. The van der Waals surface area contributed by atoms with Gasteiger partial charge >= 0.3 is 0 Å². The van der Waals surface area contributed by atoms with Gasteiger partial charge in [0.25, 0.3) is 0 Å². The lowest BCUT2D eigenvalue weighted by atomic mass is 10.1. The number of hydrogen-bond donors (Lipinski definition) is 2. The maximum Gasteiger partial charge on any atom is 0.222 e. The minimum atomic E-state index is -0.247. The first kappa shape index (κ1) is 15.7. The van der Waals surface area contributed by atoms with E-state index in [2.05, 4.69) is 20.2 Å². The summed E-state index contributed by atoms with van der Waals surface area (Å²) in [6.07, 6.45) is 0.852. The molecule has 0 saturated carbocycles. The molecular formula is C17H23N5O. The van der Waals surface area contributed by atoms with E-state index < -0.39 is 0 Å². The number of benzene rings is 1. The summed E-state index contributed by atoms with van der Waals surface area (Å²) >= 11 is 0. The van der Waals surface area contributed by atoms with Crippen LogP contribution in [0, 0.1) is 0 Å². The zero-order valence-corrected chi connectivity index (χ0v) is 13.6. The average molecular weight is 313 g/mol. The van der Waals surface area contributed by atoms with Crippen LogP contribution in [-0.4, -0.2) is 43.3 Å². The number of hydrogen-bond acceptors (Lipinski definition) is 6. The fourth-order valence-corrected chi connectivity index (χ4v) is 3.03. The monoisotopic (exact) mass is 313 g/mol. The SMILES string of the molecule is CN[C@@H]1CCN(c2cc([C@H](OC)c3ccccc3)nc(N)n2)C1. The highest BCUT2D eigenvalue weighted by Crippen LogP contribution is 2.28. The number of likely N-dealkylation sites (N-methyl/N-ethyl adjacent to an activating group) is 1. The van der Waals surface area contributed by atoms with Gasteiger partial charge in [-0.05, 0) is 19.0 Å². The molecule has 3 N–H and O–H groups in total. The van der Waals surface area contributed by atoms with Crippen molar-refractivity contribution in [3.63, 3.8) is 0 Å². The zero-order valence-electron chi connectivity index (χ0n) is 13.6. The fourth-order valence-electron chi connectivity index (χ4n) is 3.03. The van der Waals surface area contributed by atoms with Gasteiger partial charge in [-0.2, -0.15) is 4.98 Å². The van der Waals surface area contributed by atoms with E-state index in [0.717, 1.165) is 36.6 Å². The second-order valence-electron chi connectivity index (χ2n) is 5.76. The van der Waals surface area contributed by atoms with Gasteiger partial charge in [0.1, 0.15) is 11.9 Å². The Hall–Kier alpha value is -2.18. The lowest BCUT2D eigenvalue weighted by molar-refractivity contribution is 0.133. The van der Waals surface area contributed by atoms with Gasteiger partial charge < -0.3 is 20.7 Å². The minimum Gasteiger partial charge on any atom is -0.370 e. The number of rotatable bonds is 5. The number of methoxy groups -OCH3 is 1. The zero-order chi connectivity index (χ0) is 16.2. The standard InChI is InChI=1S/C17H23N5O/c1-19-13-8-9-22(11-13)15-10-14(20-17(18)21-15)16(23-2)12-6-4-3-5-7-12/h3-7,10,13,16,19H,8-9,11H2,1-2H3,(H2,18,20,21)/t13-,16-/m1/s1. The van der Waals surface area contributed by atoms with Crippen LogP contribution in [0.15, 0.2) is 36.4 Å². The molecule has 3 rings (SSSR count). The molecule has 1 aromatic heterocycles. The van der Waals surface area contributed by atoms with Crippen LogP contribution >= 0.6 is 0 Å². The smallest absolute Gasteiger partial charge is 0.222 e. The molecule has 1 aliphatic heterocycles. The predicted octanol–water partition coefficient (Wildman–Crippen LogP) is 1.59. The third-order valence-corrected chi connectivity index (χ3v) is 4.28. The Bertz CT molecular complexity index is 649. The van der Waals surface area contributed by atoms with Gasteiger partial charge in [0.05, 0.1) is 5.69 Å². The van der Waals surface area contributed by atoms with Crippen molar-refractivity contribution in [1.82, 2.24) is 15.3 Å². The number of nitrogens with two attached hydrogens (primary N) is 1. The molecule has 23 heavy (non-hydrogen) atoms.